The number of aromatic hydroxyl groups is 2. The van der Waals surface area contributed by atoms with E-state index >= 15 is 0 Å². The first-order valence-corrected chi connectivity index (χ1v) is 3.62. The molecule has 0 amide bonds. The maximum atomic E-state index is 8.84. The Morgan fingerprint density at radius 1 is 1.31 bits per heavy atom. The third-order valence-electron chi connectivity index (χ3n) is 1.39. The molecule has 1 saturated heterocycles. The first kappa shape index (κ1) is 7.99. The Morgan fingerprint density at radius 2 is 1.92 bits per heavy atom. The van der Waals surface area contributed by atoms with Gasteiger partial charge in [-0.05, 0) is 0 Å². The van der Waals surface area contributed by atoms with Crippen molar-refractivity contribution in [1.29, 1.82) is 0 Å². The third-order valence-corrected chi connectivity index (χ3v) is 1.39. The molecule has 2 heterocycles. The van der Waals surface area contributed by atoms with Crippen molar-refractivity contribution in [2.45, 2.75) is 6.10 Å². The number of hydrogen-bond donors (Lipinski definition) is 2. The topological polar surface area (TPSA) is 101 Å². The fraction of sp³-hybridized carbons (Fsp3) is 0.500. The predicted octanol–water partition coefficient (Wildman–Crippen LogP) is -0.940. The first-order chi connectivity index (χ1) is 6.24. The van der Waals surface area contributed by atoms with E-state index < -0.39 is 12.0 Å². The average molecular weight is 185 g/mol. The fourth-order valence-electron chi connectivity index (χ4n) is 0.732. The van der Waals surface area contributed by atoms with Crippen molar-refractivity contribution >= 4 is 0 Å². The van der Waals surface area contributed by atoms with Crippen LogP contribution < -0.4 is 4.74 Å². The van der Waals surface area contributed by atoms with Gasteiger partial charge in [0.1, 0.15) is 12.7 Å². The molecule has 0 bridgehead atoms. The van der Waals surface area contributed by atoms with Gasteiger partial charge in [0.05, 0.1) is 6.61 Å². The molecule has 1 aromatic heterocycles. The van der Waals surface area contributed by atoms with E-state index in [-0.39, 0.29) is 12.1 Å². The molecular formula is C6H7N3O4. The van der Waals surface area contributed by atoms with Crippen molar-refractivity contribution in [3.05, 3.63) is 0 Å². The van der Waals surface area contributed by atoms with Gasteiger partial charge >= 0.3 is 18.0 Å². The SMILES string of the molecule is Oc1nc(O)nc(OC[C@@H]2CO2)n1. The lowest BCUT2D eigenvalue weighted by Crippen LogP contribution is -2.06. The van der Waals surface area contributed by atoms with Gasteiger partial charge in [0, 0.05) is 0 Å². The predicted molar refractivity (Wildman–Crippen MR) is 38.4 cm³/mol. The van der Waals surface area contributed by atoms with Gasteiger partial charge in [-0.15, -0.1) is 15.0 Å². The van der Waals surface area contributed by atoms with Crippen LogP contribution in [-0.4, -0.2) is 44.5 Å². The van der Waals surface area contributed by atoms with Crippen LogP contribution in [0.1, 0.15) is 0 Å². The summed E-state index contributed by atoms with van der Waals surface area (Å²) in [5.41, 5.74) is 0. The van der Waals surface area contributed by atoms with Gasteiger partial charge in [-0.2, -0.15) is 0 Å². The van der Waals surface area contributed by atoms with E-state index in [1.807, 2.05) is 0 Å². The van der Waals surface area contributed by atoms with Crippen molar-refractivity contribution in [3.8, 4) is 18.0 Å². The summed E-state index contributed by atoms with van der Waals surface area (Å²) in [5.74, 6) is 0. The molecule has 7 nitrogen and oxygen atoms in total. The van der Waals surface area contributed by atoms with Crippen LogP contribution >= 0.6 is 0 Å². The summed E-state index contributed by atoms with van der Waals surface area (Å²) >= 11 is 0. The van der Waals surface area contributed by atoms with Gasteiger partial charge in [-0.1, -0.05) is 0 Å². The molecule has 1 fully saturated rings. The van der Waals surface area contributed by atoms with Gasteiger partial charge in [0.25, 0.3) is 0 Å². The molecule has 1 aliphatic rings. The van der Waals surface area contributed by atoms with Gasteiger partial charge in [-0.3, -0.25) is 0 Å². The number of rotatable bonds is 3. The maximum Gasteiger partial charge on any atom is 0.325 e. The molecule has 7 heteroatoms. The molecule has 0 spiro atoms. The molecule has 1 aliphatic heterocycles. The van der Waals surface area contributed by atoms with Crippen LogP contribution in [0.25, 0.3) is 0 Å². The number of hydrogen-bond acceptors (Lipinski definition) is 7. The van der Waals surface area contributed by atoms with Gasteiger partial charge in [0.15, 0.2) is 0 Å². The highest BCUT2D eigenvalue weighted by molar-refractivity contribution is 5.06. The van der Waals surface area contributed by atoms with Crippen LogP contribution in [0.15, 0.2) is 0 Å². The number of nitrogens with zero attached hydrogens (tertiary/aromatic N) is 3. The Bertz CT molecular complexity index is 294. The molecule has 1 atom stereocenters. The molecule has 13 heavy (non-hydrogen) atoms. The minimum absolute atomic E-state index is 0.0704. The molecule has 1 aromatic rings. The van der Waals surface area contributed by atoms with E-state index in [0.29, 0.717) is 13.2 Å². The zero-order valence-electron chi connectivity index (χ0n) is 6.54. The summed E-state index contributed by atoms with van der Waals surface area (Å²) < 4.78 is 9.85. The van der Waals surface area contributed by atoms with Gasteiger partial charge in [0.2, 0.25) is 0 Å². The molecule has 0 unspecified atom stereocenters. The highest BCUT2D eigenvalue weighted by Crippen LogP contribution is 2.14. The second-order valence-electron chi connectivity index (χ2n) is 2.48. The largest absolute Gasteiger partial charge is 0.479 e. The monoisotopic (exact) mass is 185 g/mol. The van der Waals surface area contributed by atoms with Crippen molar-refractivity contribution < 1.29 is 19.7 Å². The Labute approximate surface area is 73.0 Å². The second kappa shape index (κ2) is 3.02. The summed E-state index contributed by atoms with van der Waals surface area (Å²) in [5, 5.41) is 17.7. The molecule has 0 radical (unpaired) electrons. The van der Waals surface area contributed by atoms with Crippen LogP contribution in [0, 0.1) is 0 Å². The zero-order valence-corrected chi connectivity index (χ0v) is 6.54. The van der Waals surface area contributed by atoms with Crippen LogP contribution in [-0.2, 0) is 4.74 Å². The normalized spacial score (nSPS) is 19.8. The number of aromatic nitrogens is 3. The standard InChI is InChI=1S/C6H7N3O4/c10-4-7-5(11)9-6(8-4)13-2-3-1-12-3/h3H,1-2H2,(H2,7,8,9,10,11)/t3-/m0/s1. The molecule has 2 rings (SSSR count). The molecule has 0 aromatic carbocycles. The molecule has 70 valence electrons. The van der Waals surface area contributed by atoms with E-state index in [9.17, 15) is 0 Å². The number of epoxide rings is 1. The summed E-state index contributed by atoms with van der Waals surface area (Å²) in [6.45, 7) is 0.964. The van der Waals surface area contributed by atoms with Crippen LogP contribution in [0.4, 0.5) is 0 Å². The minimum Gasteiger partial charge on any atom is -0.479 e. The van der Waals surface area contributed by atoms with Crippen LogP contribution in [0.3, 0.4) is 0 Å². The van der Waals surface area contributed by atoms with Crippen molar-refractivity contribution in [2.75, 3.05) is 13.2 Å². The Hall–Kier alpha value is -1.63. The minimum atomic E-state index is -0.570. The summed E-state index contributed by atoms with van der Waals surface area (Å²) in [6.07, 6.45) is 0.0704. The molecule has 0 aliphatic carbocycles. The summed E-state index contributed by atoms with van der Waals surface area (Å²) in [7, 11) is 0. The van der Waals surface area contributed by atoms with Gasteiger partial charge < -0.3 is 19.7 Å². The quantitative estimate of drug-likeness (QED) is 0.586. The van der Waals surface area contributed by atoms with E-state index in [1.54, 1.807) is 0 Å². The maximum absolute atomic E-state index is 8.84. The van der Waals surface area contributed by atoms with Crippen LogP contribution in [0.5, 0.6) is 18.0 Å². The molecule has 2 N–H and O–H groups in total. The van der Waals surface area contributed by atoms with E-state index in [0.717, 1.165) is 0 Å². The van der Waals surface area contributed by atoms with E-state index in [4.69, 9.17) is 19.7 Å². The van der Waals surface area contributed by atoms with E-state index in [2.05, 4.69) is 15.0 Å². The lowest BCUT2D eigenvalue weighted by atomic mass is 10.5. The first-order valence-electron chi connectivity index (χ1n) is 3.62. The second-order valence-corrected chi connectivity index (χ2v) is 2.48. The smallest absolute Gasteiger partial charge is 0.325 e. The van der Waals surface area contributed by atoms with Gasteiger partial charge in [-0.25, -0.2) is 0 Å². The highest BCUT2D eigenvalue weighted by Gasteiger charge is 2.23. The van der Waals surface area contributed by atoms with Crippen molar-refractivity contribution in [1.82, 2.24) is 15.0 Å². The summed E-state index contributed by atoms with van der Waals surface area (Å²) in [4.78, 5) is 10.0. The summed E-state index contributed by atoms with van der Waals surface area (Å²) in [6, 6.07) is -1.25. The van der Waals surface area contributed by atoms with Crippen molar-refractivity contribution in [2.24, 2.45) is 0 Å². The fourth-order valence-corrected chi connectivity index (χ4v) is 0.732. The average Bonchev–Trinajstić information content (AvgIpc) is 2.81. The highest BCUT2D eigenvalue weighted by atomic mass is 16.6. The lowest BCUT2D eigenvalue weighted by Gasteiger charge is -2.00. The Kier molecular flexibility index (Phi) is 1.85. The zero-order chi connectivity index (χ0) is 9.26. The number of ether oxygens (including phenoxy) is 2. The van der Waals surface area contributed by atoms with E-state index in [1.165, 1.54) is 0 Å². The Balaban J connectivity index is 2.01. The molecular weight excluding hydrogens is 178 g/mol. The lowest BCUT2D eigenvalue weighted by molar-refractivity contribution is 0.237. The third kappa shape index (κ3) is 2.15. The van der Waals surface area contributed by atoms with Crippen LogP contribution in [0.2, 0.25) is 0 Å². The molecule has 0 saturated carbocycles. The Morgan fingerprint density at radius 3 is 2.46 bits per heavy atom. The van der Waals surface area contributed by atoms with Crippen molar-refractivity contribution in [3.63, 3.8) is 0 Å².